The van der Waals surface area contributed by atoms with E-state index >= 15 is 0 Å². The van der Waals surface area contributed by atoms with Gasteiger partial charge in [0.05, 0.1) is 5.56 Å². The van der Waals surface area contributed by atoms with Crippen molar-refractivity contribution in [1.29, 1.82) is 0 Å². The molecule has 1 aliphatic carbocycles. The fourth-order valence-corrected chi connectivity index (χ4v) is 5.69. The summed E-state index contributed by atoms with van der Waals surface area (Å²) in [6.45, 7) is 12.8. The lowest BCUT2D eigenvalue weighted by molar-refractivity contribution is -0.122. The Hall–Kier alpha value is -2.34. The minimum atomic E-state index is -0.649. The van der Waals surface area contributed by atoms with Gasteiger partial charge in [-0.15, -0.1) is 11.3 Å². The molecule has 3 N–H and O–H groups in total. The molecule has 0 saturated carbocycles. The number of thiophene rings is 1. The third-order valence-corrected chi connectivity index (χ3v) is 8.35. The van der Waals surface area contributed by atoms with Crippen molar-refractivity contribution < 1.29 is 14.3 Å². The molecule has 2 atom stereocenters. The van der Waals surface area contributed by atoms with Crippen molar-refractivity contribution in [2.75, 3.05) is 5.32 Å². The second kappa shape index (κ2) is 9.65. The number of carbonyl (C=O) groups excluding carboxylic acids is 2. The van der Waals surface area contributed by atoms with Gasteiger partial charge >= 0.3 is 0 Å². The zero-order valence-electron chi connectivity index (χ0n) is 20.1. The number of nitrogens with one attached hydrogen (secondary N) is 1. The van der Waals surface area contributed by atoms with Crippen molar-refractivity contribution in [2.24, 2.45) is 17.1 Å². The summed E-state index contributed by atoms with van der Waals surface area (Å²) in [5, 5.41) is 3.53. The molecule has 0 bridgehead atoms. The molecule has 3 rings (SSSR count). The van der Waals surface area contributed by atoms with Gasteiger partial charge in [-0.3, -0.25) is 9.59 Å². The lowest BCUT2D eigenvalue weighted by atomic mass is 9.69. The summed E-state index contributed by atoms with van der Waals surface area (Å²) >= 11 is 1.50. The number of nitrogens with two attached hydrogens (primary N) is 1. The summed E-state index contributed by atoms with van der Waals surface area (Å²) in [7, 11) is 0. The summed E-state index contributed by atoms with van der Waals surface area (Å²) in [6.07, 6.45) is 3.76. The zero-order valence-corrected chi connectivity index (χ0v) is 20.9. The highest BCUT2D eigenvalue weighted by Crippen LogP contribution is 2.45. The first-order valence-electron chi connectivity index (χ1n) is 11.6. The molecule has 0 fully saturated rings. The number of benzene rings is 1. The van der Waals surface area contributed by atoms with Crippen LogP contribution < -0.4 is 15.8 Å². The van der Waals surface area contributed by atoms with Gasteiger partial charge in [0.15, 0.2) is 6.10 Å². The molecule has 1 heterocycles. The van der Waals surface area contributed by atoms with Crippen LogP contribution in [-0.4, -0.2) is 17.9 Å². The summed E-state index contributed by atoms with van der Waals surface area (Å²) in [5.74, 6) is 0.492. The Morgan fingerprint density at radius 1 is 1.25 bits per heavy atom. The molecule has 1 aliphatic rings. The Bertz CT molecular complexity index is 1010. The van der Waals surface area contributed by atoms with Gasteiger partial charge in [-0.2, -0.15) is 0 Å². The van der Waals surface area contributed by atoms with Gasteiger partial charge in [0.1, 0.15) is 10.8 Å². The van der Waals surface area contributed by atoms with E-state index < -0.39 is 12.0 Å². The van der Waals surface area contributed by atoms with Crippen LogP contribution in [0.25, 0.3) is 0 Å². The number of rotatable bonds is 8. The Morgan fingerprint density at radius 2 is 1.97 bits per heavy atom. The van der Waals surface area contributed by atoms with Gasteiger partial charge < -0.3 is 15.8 Å². The van der Waals surface area contributed by atoms with E-state index in [9.17, 15) is 9.59 Å². The first-order valence-corrected chi connectivity index (χ1v) is 12.4. The molecular weight excluding hydrogens is 420 g/mol. The number of hydrogen-bond donors (Lipinski definition) is 2. The monoisotopic (exact) mass is 456 g/mol. The maximum absolute atomic E-state index is 13.1. The quantitative estimate of drug-likeness (QED) is 0.527. The molecule has 2 unspecified atom stereocenters. The van der Waals surface area contributed by atoms with Gasteiger partial charge in [-0.05, 0) is 79.7 Å². The molecule has 0 radical (unpaired) electrons. The van der Waals surface area contributed by atoms with Crippen LogP contribution in [0.2, 0.25) is 0 Å². The van der Waals surface area contributed by atoms with E-state index in [4.69, 9.17) is 10.5 Å². The second-order valence-electron chi connectivity index (χ2n) is 9.60. The standard InChI is InChI=1S/C26H36N2O3S/c1-7-20(31-18-11-9-15(3)16(4)13-18)24(30)28-25-22(23(27)29)19-12-10-17(14-21(19)32-25)26(5,6)8-2/h9,11,13,17,20H,7-8,10,12,14H2,1-6H3,(H2,27,29)(H,28,30). The van der Waals surface area contributed by atoms with Crippen LogP contribution >= 0.6 is 11.3 Å². The number of carbonyl (C=O) groups is 2. The molecule has 0 spiro atoms. The molecule has 0 aliphatic heterocycles. The summed E-state index contributed by atoms with van der Waals surface area (Å²) < 4.78 is 5.99. The van der Waals surface area contributed by atoms with E-state index in [0.717, 1.165) is 36.8 Å². The number of ether oxygens (including phenoxy) is 1. The summed E-state index contributed by atoms with van der Waals surface area (Å²) in [4.78, 5) is 26.6. The lowest BCUT2D eigenvalue weighted by Crippen LogP contribution is -2.33. The Labute approximate surface area is 195 Å². The van der Waals surface area contributed by atoms with Crippen LogP contribution in [0, 0.1) is 25.2 Å². The van der Waals surface area contributed by atoms with E-state index in [-0.39, 0.29) is 11.3 Å². The second-order valence-corrected chi connectivity index (χ2v) is 10.7. The first-order chi connectivity index (χ1) is 15.1. The van der Waals surface area contributed by atoms with Crippen LogP contribution in [0.5, 0.6) is 5.75 Å². The maximum Gasteiger partial charge on any atom is 0.266 e. The average Bonchev–Trinajstić information content (AvgIpc) is 3.11. The Kier molecular flexibility index (Phi) is 7.33. The molecule has 174 valence electrons. The molecule has 0 saturated heterocycles. The van der Waals surface area contributed by atoms with Crippen LogP contribution in [0.15, 0.2) is 18.2 Å². The first kappa shape index (κ1) is 24.3. The smallest absolute Gasteiger partial charge is 0.266 e. The topological polar surface area (TPSA) is 81.4 Å². The summed E-state index contributed by atoms with van der Waals surface area (Å²) in [5.41, 5.74) is 9.78. The van der Waals surface area contributed by atoms with Gasteiger partial charge in [0.25, 0.3) is 11.8 Å². The molecule has 5 nitrogen and oxygen atoms in total. The van der Waals surface area contributed by atoms with Crippen LogP contribution in [0.4, 0.5) is 5.00 Å². The Balaban J connectivity index is 1.82. The molecule has 2 aromatic rings. The van der Waals surface area contributed by atoms with Crippen molar-refractivity contribution in [2.45, 2.75) is 79.8 Å². The van der Waals surface area contributed by atoms with Crippen LogP contribution in [0.3, 0.4) is 0 Å². The van der Waals surface area contributed by atoms with Crippen molar-refractivity contribution >= 4 is 28.2 Å². The van der Waals surface area contributed by atoms with Crippen molar-refractivity contribution in [3.05, 3.63) is 45.3 Å². The predicted molar refractivity (Wildman–Crippen MR) is 132 cm³/mol. The normalized spacial score (nSPS) is 16.9. The number of aryl methyl sites for hydroxylation is 2. The van der Waals surface area contributed by atoms with Crippen molar-refractivity contribution in [3.8, 4) is 5.75 Å². The SMILES string of the molecule is CCC(Oc1ccc(C)c(C)c1)C(=O)Nc1sc2c(c1C(N)=O)CCC(C(C)(C)CC)C2. The fourth-order valence-electron chi connectivity index (χ4n) is 4.36. The Morgan fingerprint density at radius 3 is 2.56 bits per heavy atom. The third kappa shape index (κ3) is 5.01. The molecule has 32 heavy (non-hydrogen) atoms. The fraction of sp³-hybridized carbons (Fsp3) is 0.538. The van der Waals surface area contributed by atoms with E-state index in [1.165, 1.54) is 21.8 Å². The van der Waals surface area contributed by atoms with Gasteiger partial charge in [0, 0.05) is 4.88 Å². The number of fused-ring (bicyclic) bond motifs is 1. The minimum Gasteiger partial charge on any atom is -0.481 e. The number of amides is 2. The molecular formula is C26H36N2O3S. The molecule has 2 amide bonds. The van der Waals surface area contributed by atoms with Crippen molar-refractivity contribution in [1.82, 2.24) is 0 Å². The van der Waals surface area contributed by atoms with Gasteiger partial charge in [-0.25, -0.2) is 0 Å². The molecule has 1 aromatic carbocycles. The van der Waals surface area contributed by atoms with Gasteiger partial charge in [0.2, 0.25) is 0 Å². The maximum atomic E-state index is 13.1. The highest BCUT2D eigenvalue weighted by atomic mass is 32.1. The van der Waals surface area contributed by atoms with Gasteiger partial charge in [-0.1, -0.05) is 40.2 Å². The van der Waals surface area contributed by atoms with E-state index in [1.807, 2.05) is 39.0 Å². The molecule has 6 heteroatoms. The summed E-state index contributed by atoms with van der Waals surface area (Å²) in [6, 6.07) is 5.81. The van der Waals surface area contributed by atoms with E-state index in [0.29, 0.717) is 28.7 Å². The largest absolute Gasteiger partial charge is 0.481 e. The minimum absolute atomic E-state index is 0.241. The third-order valence-electron chi connectivity index (χ3n) is 7.18. The van der Waals surface area contributed by atoms with Crippen molar-refractivity contribution in [3.63, 3.8) is 0 Å². The van der Waals surface area contributed by atoms with E-state index in [2.05, 4.69) is 26.1 Å². The number of anilines is 1. The van der Waals surface area contributed by atoms with Crippen LogP contribution in [0.1, 0.15) is 78.9 Å². The predicted octanol–water partition coefficient (Wildman–Crippen LogP) is 5.80. The highest BCUT2D eigenvalue weighted by Gasteiger charge is 2.35. The zero-order chi connectivity index (χ0) is 23.6. The lowest BCUT2D eigenvalue weighted by Gasteiger charge is -2.36. The number of primary amides is 1. The molecule has 1 aromatic heterocycles. The van der Waals surface area contributed by atoms with Crippen LogP contribution in [-0.2, 0) is 17.6 Å². The van der Waals surface area contributed by atoms with E-state index in [1.54, 1.807) is 0 Å². The highest BCUT2D eigenvalue weighted by molar-refractivity contribution is 7.17. The average molecular weight is 457 g/mol. The number of hydrogen-bond acceptors (Lipinski definition) is 4.